The molecule has 0 aliphatic rings. The van der Waals surface area contributed by atoms with Gasteiger partial charge in [0.15, 0.2) is 5.82 Å². The fourth-order valence-corrected chi connectivity index (χ4v) is 1.57. The smallest absolute Gasteiger partial charge is 0.151 e. The second kappa shape index (κ2) is 5.09. The Hall–Kier alpha value is -1.39. The van der Waals surface area contributed by atoms with E-state index in [0.29, 0.717) is 6.54 Å². The predicted molar refractivity (Wildman–Crippen MR) is 63.1 cm³/mol. The summed E-state index contributed by atoms with van der Waals surface area (Å²) in [4.78, 5) is 4.24. The Balaban J connectivity index is 1.94. The van der Waals surface area contributed by atoms with Gasteiger partial charge in [-0.3, -0.25) is 5.10 Å². The second-order valence-corrected chi connectivity index (χ2v) is 3.97. The number of aryl methyl sites for hydroxylation is 2. The highest BCUT2D eigenvalue weighted by Crippen LogP contribution is 2.11. The monoisotopic (exact) mass is 236 g/mol. The zero-order chi connectivity index (χ0) is 11.4. The van der Waals surface area contributed by atoms with Crippen molar-refractivity contribution in [1.29, 1.82) is 0 Å². The molecule has 4 nitrogen and oxygen atoms in total. The fraction of sp³-hybridized carbons (Fsp3) is 0.273. The van der Waals surface area contributed by atoms with Crippen LogP contribution in [0.2, 0.25) is 5.02 Å². The summed E-state index contributed by atoms with van der Waals surface area (Å²) >= 11 is 5.81. The third kappa shape index (κ3) is 2.81. The summed E-state index contributed by atoms with van der Waals surface area (Å²) in [5, 5.41) is 7.63. The quantitative estimate of drug-likeness (QED) is 0.849. The van der Waals surface area contributed by atoms with Crippen LogP contribution in [0.25, 0.3) is 0 Å². The molecule has 1 heterocycles. The minimum absolute atomic E-state index is 0.397. The number of H-pyrrole nitrogens is 1. The molecule has 0 saturated heterocycles. The summed E-state index contributed by atoms with van der Waals surface area (Å²) < 4.78 is 0. The Morgan fingerprint density at radius 3 is 2.56 bits per heavy atom. The van der Waals surface area contributed by atoms with Crippen LogP contribution in [0, 0.1) is 0 Å². The first kappa shape index (κ1) is 11.1. The van der Waals surface area contributed by atoms with Crippen LogP contribution in [0.1, 0.15) is 17.2 Å². The number of nitrogens with one attached hydrogen (secondary N) is 1. The fourth-order valence-electron chi connectivity index (χ4n) is 1.45. The molecule has 0 radical (unpaired) electrons. The first-order valence-corrected chi connectivity index (χ1v) is 5.50. The summed E-state index contributed by atoms with van der Waals surface area (Å²) in [6.45, 7) is 0.397. The van der Waals surface area contributed by atoms with E-state index in [2.05, 4.69) is 15.2 Å². The zero-order valence-electron chi connectivity index (χ0n) is 8.78. The normalized spacial score (nSPS) is 10.6. The van der Waals surface area contributed by atoms with Crippen molar-refractivity contribution in [2.45, 2.75) is 19.4 Å². The molecule has 2 aromatic rings. The van der Waals surface area contributed by atoms with Crippen molar-refractivity contribution in [2.75, 3.05) is 0 Å². The van der Waals surface area contributed by atoms with Gasteiger partial charge in [0.2, 0.25) is 0 Å². The van der Waals surface area contributed by atoms with E-state index in [1.165, 1.54) is 5.56 Å². The number of benzene rings is 1. The molecule has 3 N–H and O–H groups in total. The molecule has 16 heavy (non-hydrogen) atoms. The lowest BCUT2D eigenvalue weighted by atomic mass is 10.1. The topological polar surface area (TPSA) is 67.6 Å². The standard InChI is InChI=1S/C11H13ClN4/c12-9-4-1-8(2-5-9)3-6-10-14-11(7-13)16-15-10/h1-2,4-5H,3,6-7,13H2,(H,14,15,16). The Kier molecular flexibility index (Phi) is 3.54. The number of nitrogens with zero attached hydrogens (tertiary/aromatic N) is 2. The molecular weight excluding hydrogens is 224 g/mol. The van der Waals surface area contributed by atoms with Gasteiger partial charge >= 0.3 is 0 Å². The van der Waals surface area contributed by atoms with Crippen molar-refractivity contribution in [3.63, 3.8) is 0 Å². The molecule has 0 spiro atoms. The number of aromatic nitrogens is 3. The van der Waals surface area contributed by atoms with Gasteiger partial charge < -0.3 is 5.73 Å². The van der Waals surface area contributed by atoms with Gasteiger partial charge in [-0.2, -0.15) is 5.10 Å². The van der Waals surface area contributed by atoms with Crippen LogP contribution in [0.15, 0.2) is 24.3 Å². The number of hydrogen-bond donors (Lipinski definition) is 2. The Morgan fingerprint density at radius 2 is 1.94 bits per heavy atom. The highest BCUT2D eigenvalue weighted by atomic mass is 35.5. The molecule has 0 amide bonds. The van der Waals surface area contributed by atoms with Crippen molar-refractivity contribution in [3.8, 4) is 0 Å². The number of rotatable bonds is 4. The average Bonchev–Trinajstić information content (AvgIpc) is 2.76. The van der Waals surface area contributed by atoms with E-state index in [-0.39, 0.29) is 0 Å². The van der Waals surface area contributed by atoms with Gasteiger partial charge in [-0.1, -0.05) is 23.7 Å². The van der Waals surface area contributed by atoms with E-state index in [1.54, 1.807) is 0 Å². The minimum atomic E-state index is 0.397. The van der Waals surface area contributed by atoms with Crippen LogP contribution in [-0.2, 0) is 19.4 Å². The highest BCUT2D eigenvalue weighted by Gasteiger charge is 2.02. The minimum Gasteiger partial charge on any atom is -0.324 e. The maximum absolute atomic E-state index is 5.81. The van der Waals surface area contributed by atoms with E-state index >= 15 is 0 Å². The van der Waals surface area contributed by atoms with Gasteiger partial charge in [-0.25, -0.2) is 4.98 Å². The van der Waals surface area contributed by atoms with Crippen molar-refractivity contribution >= 4 is 11.6 Å². The Labute approximate surface area is 98.8 Å². The number of nitrogens with two attached hydrogens (primary N) is 1. The van der Waals surface area contributed by atoms with Gasteiger partial charge in [0.05, 0.1) is 6.54 Å². The maximum Gasteiger partial charge on any atom is 0.151 e. The van der Waals surface area contributed by atoms with Gasteiger partial charge in [-0.05, 0) is 24.1 Å². The molecule has 1 aromatic heterocycles. The Bertz CT molecular complexity index is 449. The van der Waals surface area contributed by atoms with Crippen LogP contribution >= 0.6 is 11.6 Å². The van der Waals surface area contributed by atoms with Gasteiger partial charge in [0.25, 0.3) is 0 Å². The first-order chi connectivity index (χ1) is 7.78. The Morgan fingerprint density at radius 1 is 1.19 bits per heavy atom. The molecule has 0 saturated carbocycles. The van der Waals surface area contributed by atoms with Gasteiger partial charge in [0.1, 0.15) is 5.82 Å². The summed E-state index contributed by atoms with van der Waals surface area (Å²) in [5.41, 5.74) is 6.66. The molecule has 0 unspecified atom stereocenters. The number of halogens is 1. The summed E-state index contributed by atoms with van der Waals surface area (Å²) in [6, 6.07) is 7.80. The molecule has 2 rings (SSSR count). The van der Waals surface area contributed by atoms with Crippen LogP contribution in [0.3, 0.4) is 0 Å². The maximum atomic E-state index is 5.81. The molecule has 0 fully saturated rings. The van der Waals surface area contributed by atoms with E-state index in [4.69, 9.17) is 17.3 Å². The largest absolute Gasteiger partial charge is 0.324 e. The van der Waals surface area contributed by atoms with Crippen LogP contribution in [0.4, 0.5) is 0 Å². The first-order valence-electron chi connectivity index (χ1n) is 5.12. The van der Waals surface area contributed by atoms with E-state index in [1.807, 2.05) is 24.3 Å². The van der Waals surface area contributed by atoms with Gasteiger partial charge in [-0.15, -0.1) is 0 Å². The summed E-state index contributed by atoms with van der Waals surface area (Å²) in [5.74, 6) is 1.53. The van der Waals surface area contributed by atoms with E-state index < -0.39 is 0 Å². The van der Waals surface area contributed by atoms with Gasteiger partial charge in [0, 0.05) is 11.4 Å². The molecule has 1 aromatic carbocycles. The molecule has 84 valence electrons. The lowest BCUT2D eigenvalue weighted by Gasteiger charge is -1.98. The van der Waals surface area contributed by atoms with Crippen molar-refractivity contribution in [1.82, 2.24) is 15.2 Å². The van der Waals surface area contributed by atoms with Crippen LogP contribution in [-0.4, -0.2) is 15.2 Å². The third-order valence-corrected chi connectivity index (χ3v) is 2.57. The predicted octanol–water partition coefficient (Wildman–Crippen LogP) is 1.70. The van der Waals surface area contributed by atoms with Crippen molar-refractivity contribution in [2.24, 2.45) is 5.73 Å². The van der Waals surface area contributed by atoms with Crippen LogP contribution < -0.4 is 5.73 Å². The number of aromatic amines is 1. The summed E-state index contributed by atoms with van der Waals surface area (Å²) in [6.07, 6.45) is 1.71. The SMILES string of the molecule is NCc1nc(CCc2ccc(Cl)cc2)n[nH]1. The van der Waals surface area contributed by atoms with Crippen molar-refractivity contribution < 1.29 is 0 Å². The summed E-state index contributed by atoms with van der Waals surface area (Å²) in [7, 11) is 0. The lowest BCUT2D eigenvalue weighted by Crippen LogP contribution is -1.98. The van der Waals surface area contributed by atoms with Crippen LogP contribution in [0.5, 0.6) is 0 Å². The van der Waals surface area contributed by atoms with Crippen molar-refractivity contribution in [3.05, 3.63) is 46.5 Å². The molecular formula is C11H13ClN4. The molecule has 0 atom stereocenters. The third-order valence-electron chi connectivity index (χ3n) is 2.32. The lowest BCUT2D eigenvalue weighted by molar-refractivity contribution is 0.865. The van der Waals surface area contributed by atoms with E-state index in [9.17, 15) is 0 Å². The molecule has 0 aliphatic carbocycles. The molecule has 5 heteroatoms. The average molecular weight is 237 g/mol. The molecule has 0 bridgehead atoms. The number of hydrogen-bond acceptors (Lipinski definition) is 3. The van der Waals surface area contributed by atoms with E-state index in [0.717, 1.165) is 29.5 Å². The second-order valence-electron chi connectivity index (χ2n) is 3.53. The molecule has 0 aliphatic heterocycles. The highest BCUT2D eigenvalue weighted by molar-refractivity contribution is 6.30. The zero-order valence-corrected chi connectivity index (χ0v) is 9.54.